The molecular weight excluding hydrogens is 377 g/mol. The number of hydrogen-bond donors (Lipinski definition) is 0. The fraction of sp³-hybridized carbons (Fsp3) is 0.455. The van der Waals surface area contributed by atoms with E-state index in [1.54, 1.807) is 14.2 Å². The Hall–Kier alpha value is -2.83. The quantitative estimate of drug-likeness (QED) is 0.775. The van der Waals surface area contributed by atoms with Gasteiger partial charge in [-0.3, -0.25) is 4.79 Å². The second-order valence-electron chi connectivity index (χ2n) is 8.31. The molecule has 0 saturated heterocycles. The third-order valence-electron chi connectivity index (χ3n) is 6.99. The van der Waals surface area contributed by atoms with Crippen molar-refractivity contribution in [3.05, 3.63) is 45.7 Å². The van der Waals surface area contributed by atoms with Gasteiger partial charge in [0.25, 0.3) is 0 Å². The van der Waals surface area contributed by atoms with Gasteiger partial charge in [0.1, 0.15) is 5.56 Å². The van der Waals surface area contributed by atoms with Crippen molar-refractivity contribution in [2.45, 2.75) is 44.1 Å². The molecule has 2 atom stereocenters. The number of halogens is 1. The van der Waals surface area contributed by atoms with Crippen LogP contribution < -0.4 is 14.9 Å². The van der Waals surface area contributed by atoms with Crippen molar-refractivity contribution in [1.29, 1.82) is 0 Å². The third kappa shape index (κ3) is 2.52. The maximum atomic E-state index is 12.6. The predicted octanol–water partition coefficient (Wildman–Crippen LogP) is 4.18. The Morgan fingerprint density at radius 2 is 1.86 bits per heavy atom. The average Bonchev–Trinajstić information content (AvgIpc) is 3.51. The van der Waals surface area contributed by atoms with E-state index in [-0.39, 0.29) is 22.9 Å². The molecule has 2 heterocycles. The Bertz CT molecular complexity index is 1070. The van der Waals surface area contributed by atoms with Crippen LogP contribution in [0.3, 0.4) is 0 Å². The normalized spacial score (nSPS) is 22.9. The molecule has 0 radical (unpaired) electrons. The Morgan fingerprint density at radius 1 is 1.14 bits per heavy atom. The van der Waals surface area contributed by atoms with Gasteiger partial charge in [0.2, 0.25) is 0 Å². The number of methoxy groups -OCH3 is 2. The number of hydrogen-bond acceptors (Lipinski definition) is 5. The van der Waals surface area contributed by atoms with Crippen LogP contribution in [-0.2, 0) is 4.94 Å². The summed E-state index contributed by atoms with van der Waals surface area (Å²) in [6.07, 6.45) is 6.97. The Morgan fingerprint density at radius 3 is 2.52 bits per heavy atom. The molecule has 7 heteroatoms. The zero-order valence-corrected chi connectivity index (χ0v) is 16.4. The summed E-state index contributed by atoms with van der Waals surface area (Å²) < 4.78 is 25.6. The van der Waals surface area contributed by atoms with Gasteiger partial charge >= 0.3 is 5.97 Å². The summed E-state index contributed by atoms with van der Waals surface area (Å²) in [7, 11) is 3.18. The van der Waals surface area contributed by atoms with E-state index in [0.717, 1.165) is 48.9 Å². The van der Waals surface area contributed by atoms with Crippen molar-refractivity contribution in [3.8, 4) is 22.8 Å². The maximum Gasteiger partial charge on any atom is 0.384 e. The topological polar surface area (TPSA) is 66.8 Å². The Balaban J connectivity index is 1.80. The molecule has 0 amide bonds. The number of rotatable bonds is 3. The van der Waals surface area contributed by atoms with E-state index >= 15 is 0 Å². The van der Waals surface area contributed by atoms with Gasteiger partial charge in [-0.15, -0.1) is 0 Å². The lowest BCUT2D eigenvalue weighted by molar-refractivity contribution is -0.0790. The summed E-state index contributed by atoms with van der Waals surface area (Å²) in [5, 5.41) is 0. The summed E-state index contributed by atoms with van der Waals surface area (Å²) >= 11 is 0. The number of benzene rings is 1. The minimum atomic E-state index is -1.25. The van der Waals surface area contributed by atoms with Gasteiger partial charge in [0.05, 0.1) is 19.9 Å². The zero-order chi connectivity index (χ0) is 20.3. The van der Waals surface area contributed by atoms with E-state index in [1.165, 1.54) is 12.3 Å². The van der Waals surface area contributed by atoms with Crippen LogP contribution in [0.25, 0.3) is 11.3 Å². The first-order valence-electron chi connectivity index (χ1n) is 9.88. The molecule has 5 rings (SSSR count). The van der Waals surface area contributed by atoms with Crippen LogP contribution in [0.4, 0.5) is 4.53 Å². The minimum Gasteiger partial charge on any atom is -0.493 e. The van der Waals surface area contributed by atoms with Crippen molar-refractivity contribution in [3.63, 3.8) is 0 Å². The minimum absolute atomic E-state index is 0.114. The first-order chi connectivity index (χ1) is 14.0. The van der Waals surface area contributed by atoms with Gasteiger partial charge in [0, 0.05) is 34.3 Å². The highest BCUT2D eigenvalue weighted by atomic mass is 19.3. The van der Waals surface area contributed by atoms with Crippen molar-refractivity contribution in [1.82, 2.24) is 4.57 Å². The number of carbonyl (C=O) groups excluding carboxylic acids is 1. The van der Waals surface area contributed by atoms with E-state index in [0.29, 0.717) is 11.5 Å². The van der Waals surface area contributed by atoms with Crippen molar-refractivity contribution in [2.24, 2.45) is 5.41 Å². The molecule has 1 aromatic heterocycles. The van der Waals surface area contributed by atoms with Crippen LogP contribution >= 0.6 is 0 Å². The molecule has 29 heavy (non-hydrogen) atoms. The van der Waals surface area contributed by atoms with E-state index in [4.69, 9.17) is 9.47 Å². The molecule has 0 N–H and O–H groups in total. The molecule has 1 aliphatic heterocycles. The number of nitrogens with zero attached hydrogens (tertiary/aromatic N) is 1. The molecule has 2 unspecified atom stereocenters. The number of ether oxygens (including phenoxy) is 2. The van der Waals surface area contributed by atoms with E-state index < -0.39 is 11.4 Å². The largest absolute Gasteiger partial charge is 0.493 e. The first-order valence-corrected chi connectivity index (χ1v) is 9.88. The lowest BCUT2D eigenvalue weighted by atomic mass is 9.68. The van der Waals surface area contributed by atoms with E-state index in [9.17, 15) is 14.1 Å². The maximum absolute atomic E-state index is 12.6. The first kappa shape index (κ1) is 18.2. The van der Waals surface area contributed by atoms with Crippen molar-refractivity contribution < 1.29 is 23.7 Å². The molecule has 6 nitrogen and oxygen atoms in total. The standard InChI is InChI=1S/C22H22FNO5/c1-27-18-8-13-12-4-3-5-22(6-7-22)20(12)24-11-15(21(26)29-23)17(25)10-16(24)14(13)9-19(18)28-2/h8-12,20H,3-7H2,1-2H3. The number of aromatic nitrogens is 1. The average molecular weight is 399 g/mol. The van der Waals surface area contributed by atoms with Gasteiger partial charge in [-0.2, -0.15) is 0 Å². The van der Waals surface area contributed by atoms with Crippen LogP contribution in [-0.4, -0.2) is 24.8 Å². The van der Waals surface area contributed by atoms with E-state index in [2.05, 4.69) is 4.94 Å². The fourth-order valence-corrected chi connectivity index (χ4v) is 5.54. The molecule has 2 aliphatic carbocycles. The Kier molecular flexibility index (Phi) is 3.98. The van der Waals surface area contributed by atoms with Crippen LogP contribution in [0.15, 0.2) is 29.2 Å². The van der Waals surface area contributed by atoms with Gasteiger partial charge in [-0.1, -0.05) is 6.42 Å². The van der Waals surface area contributed by atoms with Crippen LogP contribution in [0.2, 0.25) is 0 Å². The monoisotopic (exact) mass is 399 g/mol. The van der Waals surface area contributed by atoms with Crippen LogP contribution in [0.5, 0.6) is 11.5 Å². The number of carbonyl (C=O) groups is 1. The highest BCUT2D eigenvalue weighted by Gasteiger charge is 2.56. The summed E-state index contributed by atoms with van der Waals surface area (Å²) in [5.41, 5.74) is 2.07. The molecule has 152 valence electrons. The predicted molar refractivity (Wildman–Crippen MR) is 103 cm³/mol. The third-order valence-corrected chi connectivity index (χ3v) is 6.99. The molecule has 2 saturated carbocycles. The van der Waals surface area contributed by atoms with Gasteiger partial charge in [-0.05, 0) is 48.8 Å². The molecule has 2 aromatic rings. The van der Waals surface area contributed by atoms with Crippen LogP contribution in [0.1, 0.15) is 60.0 Å². The summed E-state index contributed by atoms with van der Waals surface area (Å²) in [6, 6.07) is 5.43. The summed E-state index contributed by atoms with van der Waals surface area (Å²) in [5.74, 6) is 0.215. The molecule has 2 fully saturated rings. The number of fused-ring (bicyclic) bond motifs is 7. The van der Waals surface area contributed by atoms with Crippen molar-refractivity contribution >= 4 is 5.97 Å². The van der Waals surface area contributed by atoms with Gasteiger partial charge in [-0.25, -0.2) is 9.74 Å². The van der Waals surface area contributed by atoms with Gasteiger partial charge < -0.3 is 14.0 Å². The SMILES string of the molecule is COc1cc2c(cc1OC)C1CCCC3(CC3)C1n1cc(C(=O)OF)c(=O)cc1-2. The molecule has 1 spiro atoms. The second kappa shape index (κ2) is 6.34. The lowest BCUT2D eigenvalue weighted by Gasteiger charge is -2.45. The molecule has 0 bridgehead atoms. The fourth-order valence-electron chi connectivity index (χ4n) is 5.54. The number of pyridine rings is 1. The van der Waals surface area contributed by atoms with Crippen molar-refractivity contribution in [2.75, 3.05) is 14.2 Å². The molecular formula is C22H22FNO5. The highest BCUT2D eigenvalue weighted by Crippen LogP contribution is 2.67. The summed E-state index contributed by atoms with van der Waals surface area (Å²) in [4.78, 5) is 27.8. The van der Waals surface area contributed by atoms with Crippen LogP contribution in [0, 0.1) is 5.41 Å². The molecule has 1 aromatic carbocycles. The lowest BCUT2D eigenvalue weighted by Crippen LogP contribution is -2.36. The summed E-state index contributed by atoms with van der Waals surface area (Å²) in [6.45, 7) is 0. The highest BCUT2D eigenvalue weighted by molar-refractivity contribution is 5.89. The van der Waals surface area contributed by atoms with E-state index in [1.807, 2.05) is 16.7 Å². The smallest absolute Gasteiger partial charge is 0.384 e. The van der Waals surface area contributed by atoms with Gasteiger partial charge in [0.15, 0.2) is 16.9 Å². The zero-order valence-electron chi connectivity index (χ0n) is 16.4. The Labute approximate surface area is 167 Å². The molecule has 3 aliphatic rings. The second-order valence-corrected chi connectivity index (χ2v) is 8.31.